The Bertz CT molecular complexity index is 1280. The third-order valence-corrected chi connectivity index (χ3v) is 6.99. The van der Waals surface area contributed by atoms with Crippen molar-refractivity contribution >= 4 is 23.5 Å². The topological polar surface area (TPSA) is 23.9 Å². The Morgan fingerprint density at radius 2 is 1.23 bits per heavy atom. The average molecular weight is 418 g/mol. The van der Waals surface area contributed by atoms with Crippen molar-refractivity contribution in [1.29, 1.82) is 5.41 Å². The SMILES string of the molecule is C/C(C=N)=C1\CSc2ccc(-c3ccc(-c4cccc(-c5ccccc5)c4)cc3)cc21. The van der Waals surface area contributed by atoms with Gasteiger partial charge in [-0.3, -0.25) is 0 Å². The zero-order valence-electron chi connectivity index (χ0n) is 17.4. The molecule has 0 amide bonds. The van der Waals surface area contributed by atoms with Crippen molar-refractivity contribution in [3.63, 3.8) is 0 Å². The third-order valence-electron chi connectivity index (χ3n) is 5.89. The fourth-order valence-corrected chi connectivity index (χ4v) is 5.26. The van der Waals surface area contributed by atoms with Gasteiger partial charge in [-0.1, -0.05) is 78.9 Å². The molecule has 2 heteroatoms. The monoisotopic (exact) mass is 417 g/mol. The second-order valence-corrected chi connectivity index (χ2v) is 8.85. The molecule has 4 aromatic carbocycles. The maximum Gasteiger partial charge on any atom is 0.0241 e. The quantitative estimate of drug-likeness (QED) is 0.332. The van der Waals surface area contributed by atoms with Crippen LogP contribution < -0.4 is 0 Å². The Kier molecular flexibility index (Phi) is 5.31. The molecule has 1 heterocycles. The van der Waals surface area contributed by atoms with Crippen LogP contribution in [0, 0.1) is 5.41 Å². The largest absolute Gasteiger partial charge is 0.308 e. The van der Waals surface area contributed by atoms with E-state index in [0.29, 0.717) is 0 Å². The number of hydrogen-bond acceptors (Lipinski definition) is 2. The van der Waals surface area contributed by atoms with Gasteiger partial charge in [0.25, 0.3) is 0 Å². The van der Waals surface area contributed by atoms with Gasteiger partial charge in [0.05, 0.1) is 0 Å². The van der Waals surface area contributed by atoms with E-state index >= 15 is 0 Å². The molecule has 0 unspecified atom stereocenters. The molecule has 0 saturated heterocycles. The minimum atomic E-state index is 0.955. The first-order valence-electron chi connectivity index (χ1n) is 10.5. The number of allylic oxidation sites excluding steroid dienone is 1. The van der Waals surface area contributed by atoms with E-state index in [0.717, 1.165) is 11.3 Å². The van der Waals surface area contributed by atoms with Crippen LogP contribution in [0.5, 0.6) is 0 Å². The smallest absolute Gasteiger partial charge is 0.0241 e. The number of fused-ring (bicyclic) bond motifs is 1. The summed E-state index contributed by atoms with van der Waals surface area (Å²) in [7, 11) is 0. The molecule has 0 fully saturated rings. The van der Waals surface area contributed by atoms with E-state index < -0.39 is 0 Å². The molecule has 0 bridgehead atoms. The van der Waals surface area contributed by atoms with Gasteiger partial charge in [-0.05, 0) is 75.2 Å². The van der Waals surface area contributed by atoms with Crippen LogP contribution >= 0.6 is 11.8 Å². The minimum absolute atomic E-state index is 0.955. The number of benzene rings is 4. The Hall–Kier alpha value is -3.36. The standard InChI is InChI=1S/C29H23NS/c1-20(18-30)28-19-31-29-15-14-26(17-27(28)29)23-12-10-22(11-13-23)25-9-5-8-24(16-25)21-6-3-2-4-7-21/h2-18,30H,19H2,1H3/b28-20-,30-18?. The van der Waals surface area contributed by atoms with Crippen LogP contribution in [0.25, 0.3) is 39.0 Å². The zero-order valence-corrected chi connectivity index (χ0v) is 18.2. The van der Waals surface area contributed by atoms with Gasteiger partial charge >= 0.3 is 0 Å². The molecule has 31 heavy (non-hydrogen) atoms. The van der Waals surface area contributed by atoms with E-state index in [4.69, 9.17) is 5.41 Å². The normalized spacial score (nSPS) is 14.2. The lowest BCUT2D eigenvalue weighted by molar-refractivity contribution is 1.40. The van der Waals surface area contributed by atoms with E-state index in [2.05, 4.69) is 97.1 Å². The molecular formula is C29H23NS. The van der Waals surface area contributed by atoms with E-state index in [1.165, 1.54) is 55.6 Å². The van der Waals surface area contributed by atoms with Crippen LogP contribution in [0.1, 0.15) is 12.5 Å². The van der Waals surface area contributed by atoms with Crippen LogP contribution in [-0.2, 0) is 0 Å². The highest BCUT2D eigenvalue weighted by Gasteiger charge is 2.19. The van der Waals surface area contributed by atoms with Crippen molar-refractivity contribution in [1.82, 2.24) is 0 Å². The maximum absolute atomic E-state index is 7.62. The van der Waals surface area contributed by atoms with E-state index in [9.17, 15) is 0 Å². The Balaban J connectivity index is 1.46. The lowest BCUT2D eigenvalue weighted by atomic mass is 9.95. The molecule has 0 radical (unpaired) electrons. The van der Waals surface area contributed by atoms with E-state index in [1.807, 2.05) is 18.7 Å². The molecular weight excluding hydrogens is 394 g/mol. The molecule has 0 saturated carbocycles. The van der Waals surface area contributed by atoms with Crippen LogP contribution in [0.4, 0.5) is 0 Å². The maximum atomic E-state index is 7.62. The first-order chi connectivity index (χ1) is 15.2. The van der Waals surface area contributed by atoms with Gasteiger partial charge in [-0.2, -0.15) is 0 Å². The first-order valence-corrected chi connectivity index (χ1v) is 11.5. The predicted molar refractivity (Wildman–Crippen MR) is 135 cm³/mol. The lowest BCUT2D eigenvalue weighted by Gasteiger charge is -2.09. The van der Waals surface area contributed by atoms with Crippen molar-refractivity contribution in [3.8, 4) is 33.4 Å². The van der Waals surface area contributed by atoms with Crippen LogP contribution in [0.15, 0.2) is 108 Å². The van der Waals surface area contributed by atoms with Gasteiger partial charge in [0.2, 0.25) is 0 Å². The summed E-state index contributed by atoms with van der Waals surface area (Å²) in [5.41, 5.74) is 11.0. The fourth-order valence-electron chi connectivity index (χ4n) is 4.08. The predicted octanol–water partition coefficient (Wildman–Crippen LogP) is 8.22. The van der Waals surface area contributed by atoms with Crippen molar-refractivity contribution in [2.45, 2.75) is 11.8 Å². The second kappa shape index (κ2) is 8.41. The van der Waals surface area contributed by atoms with Gasteiger partial charge in [0.1, 0.15) is 0 Å². The van der Waals surface area contributed by atoms with Gasteiger partial charge in [-0.15, -0.1) is 11.8 Å². The van der Waals surface area contributed by atoms with Gasteiger partial charge < -0.3 is 5.41 Å². The van der Waals surface area contributed by atoms with Gasteiger partial charge in [-0.25, -0.2) is 0 Å². The average Bonchev–Trinajstić information content (AvgIpc) is 3.28. The highest BCUT2D eigenvalue weighted by molar-refractivity contribution is 8.00. The Morgan fingerprint density at radius 1 is 0.677 bits per heavy atom. The number of hydrogen-bond donors (Lipinski definition) is 1. The summed E-state index contributed by atoms with van der Waals surface area (Å²) < 4.78 is 0. The summed E-state index contributed by atoms with van der Waals surface area (Å²) in [4.78, 5) is 1.31. The van der Waals surface area contributed by atoms with Crippen molar-refractivity contribution in [2.75, 3.05) is 5.75 Å². The van der Waals surface area contributed by atoms with E-state index in [1.54, 1.807) is 0 Å². The fraction of sp³-hybridized carbons (Fsp3) is 0.0690. The van der Waals surface area contributed by atoms with Crippen LogP contribution in [0.2, 0.25) is 0 Å². The van der Waals surface area contributed by atoms with Gasteiger partial charge in [0, 0.05) is 16.9 Å². The molecule has 1 N–H and O–H groups in total. The highest BCUT2D eigenvalue weighted by atomic mass is 32.2. The zero-order chi connectivity index (χ0) is 21.2. The van der Waals surface area contributed by atoms with Crippen molar-refractivity contribution in [2.24, 2.45) is 0 Å². The summed E-state index contributed by atoms with van der Waals surface area (Å²) >= 11 is 1.86. The molecule has 0 atom stereocenters. The Labute approximate surface area is 188 Å². The molecule has 1 aliphatic rings. The molecule has 1 nitrogen and oxygen atoms in total. The third kappa shape index (κ3) is 3.87. The summed E-state index contributed by atoms with van der Waals surface area (Å²) in [6, 6.07) is 34.8. The second-order valence-electron chi connectivity index (χ2n) is 7.83. The van der Waals surface area contributed by atoms with Crippen LogP contribution in [0.3, 0.4) is 0 Å². The molecule has 0 spiro atoms. The number of nitrogens with one attached hydrogen (secondary N) is 1. The molecule has 1 aliphatic heterocycles. The number of rotatable bonds is 4. The molecule has 150 valence electrons. The number of thioether (sulfide) groups is 1. The molecule has 0 aromatic heterocycles. The van der Waals surface area contributed by atoms with Crippen molar-refractivity contribution in [3.05, 3.63) is 108 Å². The summed E-state index contributed by atoms with van der Waals surface area (Å²) in [6.07, 6.45) is 1.47. The first kappa shape index (κ1) is 19.6. The molecule has 4 aromatic rings. The van der Waals surface area contributed by atoms with E-state index in [-0.39, 0.29) is 0 Å². The summed E-state index contributed by atoms with van der Waals surface area (Å²) in [6.45, 7) is 2.03. The lowest BCUT2D eigenvalue weighted by Crippen LogP contribution is -1.89. The highest BCUT2D eigenvalue weighted by Crippen LogP contribution is 2.42. The summed E-state index contributed by atoms with van der Waals surface area (Å²) in [5, 5.41) is 7.62. The molecule has 5 rings (SSSR count). The van der Waals surface area contributed by atoms with Crippen molar-refractivity contribution < 1.29 is 0 Å². The van der Waals surface area contributed by atoms with Gasteiger partial charge in [0.15, 0.2) is 0 Å². The summed E-state index contributed by atoms with van der Waals surface area (Å²) in [5.74, 6) is 0.955. The van der Waals surface area contributed by atoms with Crippen LogP contribution in [-0.4, -0.2) is 12.0 Å². The minimum Gasteiger partial charge on any atom is -0.308 e. The molecule has 0 aliphatic carbocycles. The Morgan fingerprint density at radius 3 is 1.87 bits per heavy atom.